The molecule has 2 heterocycles. The lowest BCUT2D eigenvalue weighted by Gasteiger charge is -2.15. The van der Waals surface area contributed by atoms with Gasteiger partial charge in [0.2, 0.25) is 5.95 Å². The summed E-state index contributed by atoms with van der Waals surface area (Å²) in [5.41, 5.74) is 2.03. The summed E-state index contributed by atoms with van der Waals surface area (Å²) in [4.78, 5) is 13.3. The Morgan fingerprint density at radius 1 is 1.15 bits per heavy atom. The first-order valence-corrected chi connectivity index (χ1v) is 8.75. The fourth-order valence-electron chi connectivity index (χ4n) is 2.40. The van der Waals surface area contributed by atoms with E-state index in [4.69, 9.17) is 16.3 Å². The van der Waals surface area contributed by atoms with Gasteiger partial charge < -0.3 is 20.5 Å². The molecule has 3 N–H and O–H groups in total. The zero-order chi connectivity index (χ0) is 19.2. The topological polar surface area (TPSA) is 92.2 Å². The maximum Gasteiger partial charge on any atom is 0.225 e. The maximum absolute atomic E-state index is 9.31. The highest BCUT2D eigenvalue weighted by Crippen LogP contribution is 2.31. The zero-order valence-electron chi connectivity index (χ0n) is 15.0. The Balaban J connectivity index is 2.01. The molecule has 140 valence electrons. The van der Waals surface area contributed by atoms with Crippen molar-refractivity contribution in [2.24, 2.45) is 0 Å². The summed E-state index contributed by atoms with van der Waals surface area (Å²) in [7, 11) is 1.59. The van der Waals surface area contributed by atoms with Crippen LogP contribution in [-0.2, 0) is 0 Å². The second-order valence-electron chi connectivity index (χ2n) is 5.87. The summed E-state index contributed by atoms with van der Waals surface area (Å²) in [6.07, 6.45) is 1.70. The maximum atomic E-state index is 9.31. The van der Waals surface area contributed by atoms with Crippen molar-refractivity contribution in [1.29, 1.82) is 0 Å². The molecule has 0 saturated heterocycles. The zero-order valence-corrected chi connectivity index (χ0v) is 15.7. The number of hydrogen-bond donors (Lipinski definition) is 3. The van der Waals surface area contributed by atoms with Gasteiger partial charge in [0, 0.05) is 23.3 Å². The van der Waals surface area contributed by atoms with E-state index >= 15 is 0 Å². The number of anilines is 3. The molecule has 3 aromatic rings. The monoisotopic (exact) mass is 385 g/mol. The van der Waals surface area contributed by atoms with Crippen LogP contribution in [0.15, 0.2) is 48.7 Å². The van der Waals surface area contributed by atoms with E-state index in [1.807, 2.05) is 25.1 Å². The molecule has 0 bridgehead atoms. The van der Waals surface area contributed by atoms with Crippen molar-refractivity contribution in [3.8, 4) is 17.1 Å². The van der Waals surface area contributed by atoms with Gasteiger partial charge in [0.05, 0.1) is 30.8 Å². The summed E-state index contributed by atoms with van der Waals surface area (Å²) >= 11 is 6.11. The first-order valence-electron chi connectivity index (χ1n) is 8.37. The largest absolute Gasteiger partial charge is 0.495 e. The molecule has 3 rings (SSSR count). The van der Waals surface area contributed by atoms with Crippen LogP contribution in [0.5, 0.6) is 5.75 Å². The Labute approximate surface area is 162 Å². The smallest absolute Gasteiger partial charge is 0.225 e. The molecule has 2 aromatic heterocycles. The van der Waals surface area contributed by atoms with Crippen molar-refractivity contribution in [3.05, 3.63) is 53.7 Å². The number of rotatable bonds is 7. The molecule has 0 fully saturated rings. The van der Waals surface area contributed by atoms with E-state index in [-0.39, 0.29) is 12.6 Å². The first kappa shape index (κ1) is 18.9. The van der Waals surface area contributed by atoms with Crippen molar-refractivity contribution in [2.75, 3.05) is 24.4 Å². The molecule has 0 radical (unpaired) electrons. The summed E-state index contributed by atoms with van der Waals surface area (Å²) in [6.45, 7) is 1.80. The molecule has 0 spiro atoms. The Morgan fingerprint density at radius 2 is 2.00 bits per heavy atom. The highest BCUT2D eigenvalue weighted by Gasteiger charge is 2.12. The van der Waals surface area contributed by atoms with Crippen LogP contribution in [0, 0.1) is 0 Å². The molecular weight excluding hydrogens is 366 g/mol. The summed E-state index contributed by atoms with van der Waals surface area (Å²) in [5.74, 6) is 1.55. The van der Waals surface area contributed by atoms with E-state index in [1.54, 1.807) is 37.6 Å². The van der Waals surface area contributed by atoms with Crippen LogP contribution in [-0.4, -0.2) is 39.8 Å². The van der Waals surface area contributed by atoms with Gasteiger partial charge in [-0.15, -0.1) is 0 Å². The van der Waals surface area contributed by atoms with Gasteiger partial charge in [-0.25, -0.2) is 4.98 Å². The number of nitrogens with one attached hydrogen (secondary N) is 2. The minimum Gasteiger partial charge on any atom is -0.495 e. The van der Waals surface area contributed by atoms with Crippen molar-refractivity contribution in [3.63, 3.8) is 0 Å². The highest BCUT2D eigenvalue weighted by atomic mass is 35.5. The lowest BCUT2D eigenvalue weighted by atomic mass is 10.2. The molecule has 8 heteroatoms. The van der Waals surface area contributed by atoms with Crippen LogP contribution >= 0.6 is 11.6 Å². The van der Waals surface area contributed by atoms with Gasteiger partial charge in [0.1, 0.15) is 11.6 Å². The molecule has 1 aromatic carbocycles. The van der Waals surface area contributed by atoms with Crippen molar-refractivity contribution in [2.45, 2.75) is 13.0 Å². The average Bonchev–Trinajstić information content (AvgIpc) is 2.68. The highest BCUT2D eigenvalue weighted by molar-refractivity contribution is 6.31. The molecule has 0 amide bonds. The molecule has 0 aliphatic rings. The minimum atomic E-state index is -0.197. The number of halogens is 1. The lowest BCUT2D eigenvalue weighted by molar-refractivity contribution is 0.281. The van der Waals surface area contributed by atoms with Gasteiger partial charge >= 0.3 is 0 Å². The molecule has 1 atom stereocenters. The Morgan fingerprint density at radius 3 is 2.70 bits per heavy atom. The third-order valence-electron chi connectivity index (χ3n) is 3.73. The third kappa shape index (κ3) is 4.84. The summed E-state index contributed by atoms with van der Waals surface area (Å²) < 4.78 is 5.37. The van der Waals surface area contributed by atoms with E-state index in [0.29, 0.717) is 39.6 Å². The van der Waals surface area contributed by atoms with Crippen LogP contribution in [0.4, 0.5) is 17.5 Å². The third-order valence-corrected chi connectivity index (χ3v) is 3.96. The van der Waals surface area contributed by atoms with E-state index < -0.39 is 0 Å². The number of nitrogens with zero attached hydrogens (tertiary/aromatic N) is 3. The SMILES string of the molecule is COc1ccc(Cl)cc1Nc1cc(-c2ccccn2)nc(N[C@@H](C)CO)n1. The standard InChI is InChI=1S/C19H20ClN5O2/c1-12(11-26)22-19-24-15(14-5-3-4-8-21-14)10-18(25-19)23-16-9-13(20)6-7-17(16)27-2/h3-10,12,26H,11H2,1-2H3,(H2,22,23,24,25)/t12-/m0/s1. The molecular formula is C19H20ClN5O2. The molecule has 0 aliphatic carbocycles. The number of aliphatic hydroxyl groups excluding tert-OH is 1. The number of pyridine rings is 1. The van der Waals surface area contributed by atoms with Crippen LogP contribution in [0.25, 0.3) is 11.4 Å². The minimum absolute atomic E-state index is 0.0396. The summed E-state index contributed by atoms with van der Waals surface area (Å²) in [6, 6.07) is 12.5. The molecule has 27 heavy (non-hydrogen) atoms. The number of methoxy groups -OCH3 is 1. The fraction of sp³-hybridized carbons (Fsp3) is 0.211. The van der Waals surface area contributed by atoms with Crippen molar-refractivity contribution in [1.82, 2.24) is 15.0 Å². The van der Waals surface area contributed by atoms with E-state index in [2.05, 4.69) is 25.6 Å². The van der Waals surface area contributed by atoms with E-state index in [1.165, 1.54) is 0 Å². The van der Waals surface area contributed by atoms with Gasteiger partial charge in [-0.05, 0) is 37.3 Å². The first-order chi connectivity index (χ1) is 13.1. The molecule has 0 saturated carbocycles. The lowest BCUT2D eigenvalue weighted by Crippen LogP contribution is -2.21. The molecule has 0 aliphatic heterocycles. The summed E-state index contributed by atoms with van der Waals surface area (Å²) in [5, 5.41) is 16.2. The van der Waals surface area contributed by atoms with E-state index in [9.17, 15) is 5.11 Å². The second kappa shape index (κ2) is 8.66. The average molecular weight is 386 g/mol. The van der Waals surface area contributed by atoms with Gasteiger partial charge in [-0.3, -0.25) is 4.98 Å². The Hall–Kier alpha value is -2.90. The number of ether oxygens (including phenoxy) is 1. The quantitative estimate of drug-likeness (QED) is 0.570. The number of benzene rings is 1. The van der Waals surface area contributed by atoms with Crippen LogP contribution in [0.1, 0.15) is 6.92 Å². The Bertz CT molecular complexity index is 908. The van der Waals surface area contributed by atoms with Gasteiger partial charge in [-0.2, -0.15) is 4.98 Å². The fourth-order valence-corrected chi connectivity index (χ4v) is 2.58. The molecule has 7 nitrogen and oxygen atoms in total. The molecule has 0 unspecified atom stereocenters. The second-order valence-corrected chi connectivity index (χ2v) is 6.31. The van der Waals surface area contributed by atoms with Crippen LogP contribution in [0.2, 0.25) is 5.02 Å². The van der Waals surface area contributed by atoms with Crippen molar-refractivity contribution >= 4 is 29.1 Å². The van der Waals surface area contributed by atoms with Crippen LogP contribution in [0.3, 0.4) is 0 Å². The predicted molar refractivity (Wildman–Crippen MR) is 107 cm³/mol. The van der Waals surface area contributed by atoms with Gasteiger partial charge in [-0.1, -0.05) is 17.7 Å². The van der Waals surface area contributed by atoms with Crippen LogP contribution < -0.4 is 15.4 Å². The Kier molecular flexibility index (Phi) is 6.05. The van der Waals surface area contributed by atoms with Gasteiger partial charge in [0.15, 0.2) is 0 Å². The normalized spacial score (nSPS) is 11.7. The van der Waals surface area contributed by atoms with Gasteiger partial charge in [0.25, 0.3) is 0 Å². The number of hydrogen-bond acceptors (Lipinski definition) is 7. The predicted octanol–water partition coefficient (Wildman–Crippen LogP) is 3.74. The number of aromatic nitrogens is 3. The number of aliphatic hydroxyl groups is 1. The van der Waals surface area contributed by atoms with Crippen molar-refractivity contribution < 1.29 is 9.84 Å². The van der Waals surface area contributed by atoms with E-state index in [0.717, 1.165) is 0 Å².